The number of hydrogen-bond donors (Lipinski definition) is 0. The topological polar surface area (TPSA) is 33.5 Å². The quantitative estimate of drug-likeness (QED) is 0.149. The van der Waals surface area contributed by atoms with Crippen molar-refractivity contribution in [2.24, 2.45) is 0 Å². The van der Waals surface area contributed by atoms with Crippen LogP contribution in [0.1, 0.15) is 104 Å². The van der Waals surface area contributed by atoms with E-state index in [4.69, 9.17) is 9.72 Å². The number of fused-ring (bicyclic) bond motifs is 4. The van der Waals surface area contributed by atoms with Crippen molar-refractivity contribution in [2.45, 2.75) is 97.8 Å². The molecule has 0 bridgehead atoms. The number of aromatic nitrogens is 2. The first-order valence-corrected chi connectivity index (χ1v) is 21.8. The van der Waals surface area contributed by atoms with Gasteiger partial charge in [-0.05, 0) is 91.9 Å². The van der Waals surface area contributed by atoms with Crippen LogP contribution >= 0.6 is 0 Å². The molecule has 0 fully saturated rings. The monoisotopic (exact) mass is 1020 g/mol. The van der Waals surface area contributed by atoms with Crippen LogP contribution in [-0.4, -0.2) is 9.55 Å². The third-order valence-electron chi connectivity index (χ3n) is 12.5. The summed E-state index contributed by atoms with van der Waals surface area (Å²) in [5.41, 5.74) is 12.3. The van der Waals surface area contributed by atoms with Crippen molar-refractivity contribution < 1.29 is 25.8 Å². The minimum absolute atomic E-state index is 0. The maximum atomic E-state index is 6.69. The van der Waals surface area contributed by atoms with Gasteiger partial charge in [0.1, 0.15) is 5.82 Å². The summed E-state index contributed by atoms with van der Waals surface area (Å²) in [5.74, 6) is 2.08. The Labute approximate surface area is 396 Å². The van der Waals surface area contributed by atoms with Gasteiger partial charge >= 0.3 is 21.1 Å². The molecule has 8 aromatic rings. The third-order valence-corrected chi connectivity index (χ3v) is 12.5. The second-order valence-electron chi connectivity index (χ2n) is 20.4. The summed E-state index contributed by atoms with van der Waals surface area (Å²) >= 11 is 0. The van der Waals surface area contributed by atoms with E-state index in [1.54, 1.807) is 0 Å². The van der Waals surface area contributed by atoms with Gasteiger partial charge < -0.3 is 26.5 Å². The molecular formula is C58H60N4OPt. The van der Waals surface area contributed by atoms with E-state index in [-0.39, 0.29) is 50.2 Å². The first kappa shape index (κ1) is 46.4. The van der Waals surface area contributed by atoms with Gasteiger partial charge in [0.2, 0.25) is 0 Å². The molecule has 0 amide bonds. The molecule has 5 nitrogen and oxygen atoms in total. The van der Waals surface area contributed by atoms with E-state index < -0.39 is 0 Å². The van der Waals surface area contributed by atoms with Crippen LogP contribution in [0, 0.1) is 26.2 Å². The van der Waals surface area contributed by atoms with Crippen molar-refractivity contribution in [3.63, 3.8) is 0 Å². The molecule has 0 radical (unpaired) electrons. The molecule has 2 aromatic heterocycles. The normalized spacial score (nSPS) is 13.2. The summed E-state index contributed by atoms with van der Waals surface area (Å²) in [6, 6.07) is 55.2. The average Bonchev–Trinajstić information content (AvgIpc) is 3.79. The van der Waals surface area contributed by atoms with E-state index in [0.29, 0.717) is 11.5 Å². The Morgan fingerprint density at radius 3 is 1.88 bits per heavy atom. The van der Waals surface area contributed by atoms with Crippen LogP contribution in [0.3, 0.4) is 0 Å². The zero-order chi connectivity index (χ0) is 43.8. The molecule has 0 unspecified atom stereocenters. The molecule has 0 saturated carbocycles. The van der Waals surface area contributed by atoms with Gasteiger partial charge in [-0.25, -0.2) is 4.98 Å². The van der Waals surface area contributed by atoms with Crippen molar-refractivity contribution in [1.29, 1.82) is 0 Å². The molecule has 0 N–H and O–H groups in total. The molecule has 64 heavy (non-hydrogen) atoms. The molecule has 1 aliphatic heterocycles. The zero-order valence-electron chi connectivity index (χ0n) is 39.4. The Kier molecular flexibility index (Phi) is 12.4. The third kappa shape index (κ3) is 8.64. The summed E-state index contributed by atoms with van der Waals surface area (Å²) in [6.07, 6.45) is 1.92. The van der Waals surface area contributed by atoms with E-state index in [1.807, 2.05) is 24.4 Å². The van der Waals surface area contributed by atoms with Gasteiger partial charge in [-0.3, -0.25) is 0 Å². The maximum Gasteiger partial charge on any atom is 4.00 e. The molecule has 0 spiro atoms. The molecular weight excluding hydrogens is 964 g/mol. The first-order chi connectivity index (χ1) is 29.4. The van der Waals surface area contributed by atoms with Crippen molar-refractivity contribution in [2.75, 3.05) is 9.80 Å². The minimum atomic E-state index is -0.178. The first-order valence-electron chi connectivity index (χ1n) is 21.8. The molecule has 6 aromatic carbocycles. The number of pyridine rings is 1. The van der Waals surface area contributed by atoms with E-state index in [0.717, 1.165) is 45.0 Å². The van der Waals surface area contributed by atoms with Gasteiger partial charge in [0.25, 0.3) is 0 Å². The van der Waals surface area contributed by atoms with Gasteiger partial charge in [0.15, 0.2) is 0 Å². The van der Waals surface area contributed by atoms with E-state index in [9.17, 15) is 0 Å². The molecule has 0 aliphatic carbocycles. The summed E-state index contributed by atoms with van der Waals surface area (Å²) in [4.78, 5) is 9.44. The summed E-state index contributed by atoms with van der Waals surface area (Å²) in [6.45, 7) is 27.1. The van der Waals surface area contributed by atoms with Crippen molar-refractivity contribution >= 4 is 44.6 Å². The second-order valence-corrected chi connectivity index (χ2v) is 20.4. The van der Waals surface area contributed by atoms with Crippen LogP contribution in [0.4, 0.5) is 22.7 Å². The van der Waals surface area contributed by atoms with Crippen LogP contribution < -0.4 is 14.5 Å². The summed E-state index contributed by atoms with van der Waals surface area (Å²) in [7, 11) is 0. The van der Waals surface area contributed by atoms with Gasteiger partial charge in [0, 0.05) is 45.7 Å². The van der Waals surface area contributed by atoms with E-state index in [2.05, 4.69) is 225 Å². The number of nitrogens with zero attached hydrogens (tertiary/aromatic N) is 4. The predicted molar refractivity (Wildman–Crippen MR) is 265 cm³/mol. The van der Waals surface area contributed by atoms with Crippen LogP contribution in [0.2, 0.25) is 0 Å². The van der Waals surface area contributed by atoms with Crippen molar-refractivity contribution in [3.05, 3.63) is 194 Å². The fraction of sp³-hybridized carbons (Fsp3) is 0.259. The van der Waals surface area contributed by atoms with E-state index >= 15 is 0 Å². The van der Waals surface area contributed by atoms with Crippen molar-refractivity contribution in [3.8, 4) is 17.3 Å². The van der Waals surface area contributed by atoms with Crippen LogP contribution in [0.5, 0.6) is 11.5 Å². The predicted octanol–water partition coefficient (Wildman–Crippen LogP) is 15.6. The van der Waals surface area contributed by atoms with Gasteiger partial charge in [-0.15, -0.1) is 48.1 Å². The Hall–Kier alpha value is -5.64. The zero-order valence-corrected chi connectivity index (χ0v) is 41.6. The molecule has 328 valence electrons. The van der Waals surface area contributed by atoms with Crippen molar-refractivity contribution in [1.82, 2.24) is 9.55 Å². The largest absolute Gasteiger partial charge is 4.00 e. The fourth-order valence-electron chi connectivity index (χ4n) is 8.54. The summed E-state index contributed by atoms with van der Waals surface area (Å²) < 4.78 is 8.92. The molecule has 3 heterocycles. The maximum absolute atomic E-state index is 6.69. The van der Waals surface area contributed by atoms with Crippen LogP contribution in [0.25, 0.3) is 27.6 Å². The minimum Gasteiger partial charge on any atom is -0.509 e. The molecule has 1 aliphatic rings. The number of anilines is 4. The Bertz CT molecular complexity index is 2960. The molecule has 0 saturated heterocycles. The van der Waals surface area contributed by atoms with Gasteiger partial charge in [-0.2, -0.15) is 12.1 Å². The fourth-order valence-corrected chi connectivity index (χ4v) is 8.54. The standard InChI is InChI=1S/C57H57N4O.CH3.Pt/c1-54(2,3)39-23-27-49-48(32-39)47-26-25-46(36-51(47)61(49)53-34-41(29-30-58-53)56(7,8)9)62-45-22-16-21-44(35-45)59-37-60(52-33-40(55(4,5)6)24-28-50(52)59)43-20-15-19-42(31-43)57(10,11)38-17-13-12-14-18-38;;/h12-34,37H,1-11H3;1H3;/q-3;-1;+4. The average molecular weight is 1020 g/mol. The Morgan fingerprint density at radius 1 is 0.516 bits per heavy atom. The van der Waals surface area contributed by atoms with Gasteiger partial charge in [0.05, 0.1) is 0 Å². The number of hydrogen-bond acceptors (Lipinski definition) is 4. The number of benzene rings is 6. The SMILES string of the molecule is CC(C)(C)c1ccnc(-n2c3[c-]c(Oc4[c-]c(N5[CH-]N(c6cccc(C(C)(C)c7ccccc7)c6)c6cc(C(C)(C)C)ccc65)ccc4)ccc3c3cc(C(C)(C)C)ccc32)c1.[CH3-].[Pt+4]. The van der Waals surface area contributed by atoms with Crippen LogP contribution in [-0.2, 0) is 42.7 Å². The molecule has 6 heteroatoms. The van der Waals surface area contributed by atoms with Gasteiger partial charge in [-0.1, -0.05) is 142 Å². The molecule has 0 atom stereocenters. The van der Waals surface area contributed by atoms with Crippen LogP contribution in [0.15, 0.2) is 140 Å². The molecule has 9 rings (SSSR count). The summed E-state index contributed by atoms with van der Waals surface area (Å²) in [5, 5.41) is 2.27. The number of rotatable bonds is 7. The Morgan fingerprint density at radius 2 is 1.16 bits per heavy atom. The smallest absolute Gasteiger partial charge is 0.509 e. The van der Waals surface area contributed by atoms with E-state index in [1.165, 1.54) is 33.2 Å². The second kappa shape index (κ2) is 17.1. The number of ether oxygens (including phenoxy) is 1. The Balaban J connectivity index is 0.00000306.